The van der Waals surface area contributed by atoms with Crippen LogP contribution < -0.4 is 0 Å². The van der Waals surface area contributed by atoms with Crippen molar-refractivity contribution in [3.63, 3.8) is 0 Å². The Morgan fingerprint density at radius 3 is 3.00 bits per heavy atom. The topological polar surface area (TPSA) is 70.0 Å². The Balaban J connectivity index is 2.37. The Morgan fingerprint density at radius 2 is 2.38 bits per heavy atom. The molecule has 1 heterocycles. The van der Waals surface area contributed by atoms with Gasteiger partial charge in [0.05, 0.1) is 25.2 Å². The molecule has 1 aliphatic heterocycles. The van der Waals surface area contributed by atoms with Gasteiger partial charge in [0.15, 0.2) is 0 Å². The quantitative estimate of drug-likeness (QED) is 0.631. The Morgan fingerprint density at radius 1 is 1.62 bits per heavy atom. The van der Waals surface area contributed by atoms with E-state index < -0.39 is 6.10 Å². The molecule has 5 heteroatoms. The highest BCUT2D eigenvalue weighted by atomic mass is 16.5. The van der Waals surface area contributed by atoms with E-state index in [9.17, 15) is 9.90 Å². The molecule has 1 saturated heterocycles. The first kappa shape index (κ1) is 13.4. The number of likely N-dealkylation sites (tertiary alicyclic amines) is 1. The second kappa shape index (κ2) is 6.83. The molecule has 1 aliphatic rings. The first-order chi connectivity index (χ1) is 7.67. The molecule has 16 heavy (non-hydrogen) atoms. The molecule has 1 fully saturated rings. The van der Waals surface area contributed by atoms with Crippen LogP contribution in [-0.2, 0) is 9.53 Å². The average Bonchev–Trinajstić information content (AvgIpc) is 2.29. The summed E-state index contributed by atoms with van der Waals surface area (Å²) in [6.07, 6.45) is 1.06. The van der Waals surface area contributed by atoms with E-state index in [1.807, 2.05) is 4.90 Å². The van der Waals surface area contributed by atoms with Gasteiger partial charge in [-0.05, 0) is 26.3 Å². The number of nitrogens with zero attached hydrogens (tertiary/aromatic N) is 1. The number of aliphatic hydroxyl groups excluding tert-OH is 2. The maximum Gasteiger partial charge on any atom is 0.310 e. The molecule has 0 bridgehead atoms. The second-order valence-corrected chi connectivity index (χ2v) is 4.19. The van der Waals surface area contributed by atoms with Crippen molar-refractivity contribution >= 4 is 5.97 Å². The molecular formula is C11H21NO4. The van der Waals surface area contributed by atoms with E-state index in [0.717, 1.165) is 19.4 Å². The van der Waals surface area contributed by atoms with Gasteiger partial charge in [-0.25, -0.2) is 0 Å². The molecule has 0 aromatic carbocycles. The number of esters is 1. The van der Waals surface area contributed by atoms with E-state index in [0.29, 0.717) is 19.7 Å². The summed E-state index contributed by atoms with van der Waals surface area (Å²) >= 11 is 0. The summed E-state index contributed by atoms with van der Waals surface area (Å²) in [5.74, 6) is -0.231. The van der Waals surface area contributed by atoms with E-state index in [1.54, 1.807) is 6.92 Å². The summed E-state index contributed by atoms with van der Waals surface area (Å²) in [6.45, 7) is 3.89. The molecule has 1 rings (SSSR count). The zero-order valence-corrected chi connectivity index (χ0v) is 9.76. The lowest BCUT2D eigenvalue weighted by Gasteiger charge is -2.32. The van der Waals surface area contributed by atoms with Crippen LogP contribution >= 0.6 is 0 Å². The minimum absolute atomic E-state index is 0.0837. The van der Waals surface area contributed by atoms with Crippen molar-refractivity contribution in [3.8, 4) is 0 Å². The van der Waals surface area contributed by atoms with Gasteiger partial charge in [-0.3, -0.25) is 9.69 Å². The van der Waals surface area contributed by atoms with Gasteiger partial charge in [0.2, 0.25) is 0 Å². The molecule has 5 nitrogen and oxygen atoms in total. The van der Waals surface area contributed by atoms with Gasteiger partial charge in [-0.15, -0.1) is 0 Å². The third kappa shape index (κ3) is 4.08. The van der Waals surface area contributed by atoms with E-state index >= 15 is 0 Å². The highest BCUT2D eigenvalue weighted by molar-refractivity contribution is 5.72. The number of piperidine rings is 1. The standard InChI is InChI=1S/C11H21NO4/c1-2-16-11(15)9-4-3-5-12(6-9)7-10(14)8-13/h9-10,13-14H,2-8H2,1H3/t9-,10?/m0/s1. The van der Waals surface area contributed by atoms with Crippen LogP contribution in [0.3, 0.4) is 0 Å². The lowest BCUT2D eigenvalue weighted by molar-refractivity contribution is -0.150. The van der Waals surface area contributed by atoms with Gasteiger partial charge in [0, 0.05) is 13.1 Å². The van der Waals surface area contributed by atoms with Crippen molar-refractivity contribution in [2.24, 2.45) is 5.92 Å². The Kier molecular flexibility index (Phi) is 5.73. The molecule has 0 aromatic heterocycles. The summed E-state index contributed by atoms with van der Waals surface area (Å²) in [6, 6.07) is 0. The zero-order valence-electron chi connectivity index (χ0n) is 9.76. The molecule has 0 aliphatic carbocycles. The van der Waals surface area contributed by atoms with Crippen molar-refractivity contribution in [2.45, 2.75) is 25.9 Å². The maximum atomic E-state index is 11.5. The van der Waals surface area contributed by atoms with Crippen molar-refractivity contribution in [1.29, 1.82) is 0 Å². The van der Waals surface area contributed by atoms with Crippen LogP contribution in [0.15, 0.2) is 0 Å². The molecular weight excluding hydrogens is 210 g/mol. The molecule has 94 valence electrons. The monoisotopic (exact) mass is 231 g/mol. The summed E-state index contributed by atoms with van der Waals surface area (Å²) in [5.41, 5.74) is 0. The summed E-state index contributed by atoms with van der Waals surface area (Å²) in [5, 5.41) is 18.1. The van der Waals surface area contributed by atoms with Gasteiger partial charge in [-0.2, -0.15) is 0 Å². The summed E-state index contributed by atoms with van der Waals surface area (Å²) in [4.78, 5) is 13.5. The fourth-order valence-corrected chi connectivity index (χ4v) is 2.03. The van der Waals surface area contributed by atoms with Gasteiger partial charge >= 0.3 is 5.97 Å². The summed E-state index contributed by atoms with van der Waals surface area (Å²) < 4.78 is 4.98. The SMILES string of the molecule is CCOC(=O)[C@H]1CCCN(CC(O)CO)C1. The smallest absolute Gasteiger partial charge is 0.310 e. The van der Waals surface area contributed by atoms with Gasteiger partial charge in [0.1, 0.15) is 0 Å². The molecule has 2 atom stereocenters. The van der Waals surface area contributed by atoms with E-state index in [4.69, 9.17) is 9.84 Å². The third-order valence-electron chi connectivity index (χ3n) is 2.81. The fraction of sp³-hybridized carbons (Fsp3) is 0.909. The van der Waals surface area contributed by atoms with Crippen molar-refractivity contribution < 1.29 is 19.7 Å². The van der Waals surface area contributed by atoms with Crippen LogP contribution in [0.5, 0.6) is 0 Å². The second-order valence-electron chi connectivity index (χ2n) is 4.19. The van der Waals surface area contributed by atoms with Gasteiger partial charge < -0.3 is 14.9 Å². The predicted molar refractivity (Wildman–Crippen MR) is 58.9 cm³/mol. The van der Waals surface area contributed by atoms with Gasteiger partial charge in [-0.1, -0.05) is 0 Å². The fourth-order valence-electron chi connectivity index (χ4n) is 2.03. The van der Waals surface area contributed by atoms with Crippen LogP contribution in [0.1, 0.15) is 19.8 Å². The van der Waals surface area contributed by atoms with E-state index in [-0.39, 0.29) is 18.5 Å². The third-order valence-corrected chi connectivity index (χ3v) is 2.81. The summed E-state index contributed by atoms with van der Waals surface area (Å²) in [7, 11) is 0. The van der Waals surface area contributed by atoms with Crippen LogP contribution in [0, 0.1) is 5.92 Å². The number of aliphatic hydroxyl groups is 2. The number of carbonyl (C=O) groups excluding carboxylic acids is 1. The minimum Gasteiger partial charge on any atom is -0.466 e. The number of ether oxygens (including phenoxy) is 1. The van der Waals surface area contributed by atoms with Gasteiger partial charge in [0.25, 0.3) is 0 Å². The number of hydrogen-bond donors (Lipinski definition) is 2. The van der Waals surface area contributed by atoms with Crippen LogP contribution in [-0.4, -0.2) is 60.0 Å². The molecule has 2 N–H and O–H groups in total. The molecule has 1 unspecified atom stereocenters. The van der Waals surface area contributed by atoms with E-state index in [1.165, 1.54) is 0 Å². The number of β-amino-alcohol motifs (C(OH)–C–C–N with tert-alkyl or cyclic N) is 1. The zero-order chi connectivity index (χ0) is 12.0. The number of rotatable bonds is 5. The average molecular weight is 231 g/mol. The first-order valence-electron chi connectivity index (χ1n) is 5.85. The van der Waals surface area contributed by atoms with Crippen molar-refractivity contribution in [3.05, 3.63) is 0 Å². The Labute approximate surface area is 96.0 Å². The molecule has 0 aromatic rings. The predicted octanol–water partition coefficient (Wildman–Crippen LogP) is -0.385. The highest BCUT2D eigenvalue weighted by Crippen LogP contribution is 2.17. The number of carbonyl (C=O) groups is 1. The largest absolute Gasteiger partial charge is 0.466 e. The van der Waals surface area contributed by atoms with Crippen LogP contribution in [0.2, 0.25) is 0 Å². The molecule has 0 spiro atoms. The Bertz CT molecular complexity index is 222. The van der Waals surface area contributed by atoms with Crippen LogP contribution in [0.25, 0.3) is 0 Å². The van der Waals surface area contributed by atoms with Crippen molar-refractivity contribution in [2.75, 3.05) is 32.8 Å². The number of hydrogen-bond acceptors (Lipinski definition) is 5. The van der Waals surface area contributed by atoms with E-state index in [2.05, 4.69) is 0 Å². The normalized spacial score (nSPS) is 24.1. The first-order valence-corrected chi connectivity index (χ1v) is 5.85. The maximum absolute atomic E-state index is 11.5. The van der Waals surface area contributed by atoms with Crippen LogP contribution in [0.4, 0.5) is 0 Å². The highest BCUT2D eigenvalue weighted by Gasteiger charge is 2.27. The lowest BCUT2D eigenvalue weighted by Crippen LogP contribution is -2.43. The minimum atomic E-state index is -0.721. The Hall–Kier alpha value is -0.650. The lowest BCUT2D eigenvalue weighted by atomic mass is 9.98. The molecule has 0 saturated carbocycles. The molecule has 0 amide bonds. The molecule has 0 radical (unpaired) electrons. The van der Waals surface area contributed by atoms with Crippen molar-refractivity contribution in [1.82, 2.24) is 4.90 Å².